The summed E-state index contributed by atoms with van der Waals surface area (Å²) in [5, 5.41) is 3.70. The van der Waals surface area contributed by atoms with Gasteiger partial charge in [0.25, 0.3) is 5.56 Å². The Kier molecular flexibility index (Phi) is 2.98. The number of hydrogen-bond acceptors (Lipinski definition) is 6. The summed E-state index contributed by atoms with van der Waals surface area (Å²) in [6.45, 7) is 0.521. The lowest BCUT2D eigenvalue weighted by molar-refractivity contribution is 0.281. The Morgan fingerprint density at radius 1 is 1.26 bits per heavy atom. The van der Waals surface area contributed by atoms with Crippen LogP contribution in [0.3, 0.4) is 0 Å². The van der Waals surface area contributed by atoms with Crippen molar-refractivity contribution in [3.63, 3.8) is 0 Å². The largest absolute Gasteiger partial charge is 0.352 e. The minimum atomic E-state index is -0.311. The Labute approximate surface area is 112 Å². The van der Waals surface area contributed by atoms with Crippen molar-refractivity contribution in [3.8, 4) is 0 Å². The van der Waals surface area contributed by atoms with Crippen molar-refractivity contribution in [1.82, 2.24) is 9.97 Å². The van der Waals surface area contributed by atoms with Gasteiger partial charge in [0.05, 0.1) is 0 Å². The van der Waals surface area contributed by atoms with Crippen molar-refractivity contribution < 1.29 is 4.94 Å². The average Bonchev–Trinajstić information content (AvgIpc) is 2.87. The van der Waals surface area contributed by atoms with E-state index in [9.17, 15) is 4.79 Å². The molecule has 0 saturated carbocycles. The van der Waals surface area contributed by atoms with Crippen LogP contribution in [-0.2, 0) is 11.5 Å². The molecule has 0 aliphatic carbocycles. The molecule has 7 nitrogen and oxygen atoms in total. The molecular formula is C11H10ClN5O2. The molecule has 0 spiro atoms. The highest BCUT2D eigenvalue weighted by Crippen LogP contribution is 2.20. The topological polar surface area (TPSA) is 91.1 Å². The molecule has 0 atom stereocenters. The first-order chi connectivity index (χ1) is 9.22. The van der Waals surface area contributed by atoms with Crippen LogP contribution in [0.25, 0.3) is 0 Å². The fourth-order valence-electron chi connectivity index (χ4n) is 1.64. The number of aromatic nitrogens is 2. The number of H-pyrrole nitrogens is 1. The number of fused-ring (bicyclic) bond motifs is 1. The number of anilines is 3. The molecule has 1 aliphatic heterocycles. The van der Waals surface area contributed by atoms with Crippen LogP contribution in [0, 0.1) is 0 Å². The molecule has 2 heterocycles. The quantitative estimate of drug-likeness (QED) is 0.684. The van der Waals surface area contributed by atoms with Gasteiger partial charge >= 0.3 is 0 Å². The first kappa shape index (κ1) is 11.8. The van der Waals surface area contributed by atoms with Crippen LogP contribution in [0.5, 0.6) is 0 Å². The average molecular weight is 280 g/mol. The van der Waals surface area contributed by atoms with Gasteiger partial charge in [-0.15, -0.1) is 0 Å². The van der Waals surface area contributed by atoms with E-state index >= 15 is 0 Å². The van der Waals surface area contributed by atoms with Crippen molar-refractivity contribution >= 4 is 29.1 Å². The van der Waals surface area contributed by atoms with E-state index in [0.29, 0.717) is 23.3 Å². The van der Waals surface area contributed by atoms with Gasteiger partial charge in [-0.3, -0.25) is 9.78 Å². The van der Waals surface area contributed by atoms with Crippen LogP contribution in [-0.4, -0.2) is 9.97 Å². The normalized spacial score (nSPS) is 12.5. The molecular weight excluding hydrogens is 270 g/mol. The lowest BCUT2D eigenvalue weighted by Crippen LogP contribution is -2.14. The molecule has 1 aliphatic rings. The molecule has 0 radical (unpaired) electrons. The lowest BCUT2D eigenvalue weighted by atomic mass is 10.2. The van der Waals surface area contributed by atoms with Crippen LogP contribution >= 0.6 is 11.6 Å². The van der Waals surface area contributed by atoms with Gasteiger partial charge in [0.15, 0.2) is 11.5 Å². The second-order valence-corrected chi connectivity index (χ2v) is 4.36. The Morgan fingerprint density at radius 3 is 2.84 bits per heavy atom. The summed E-state index contributed by atoms with van der Waals surface area (Å²) in [6.07, 6.45) is 0. The third kappa shape index (κ3) is 2.47. The molecule has 0 amide bonds. The molecule has 0 bridgehead atoms. The van der Waals surface area contributed by atoms with E-state index in [1.165, 1.54) is 0 Å². The maximum atomic E-state index is 11.7. The molecule has 19 heavy (non-hydrogen) atoms. The van der Waals surface area contributed by atoms with Crippen LogP contribution in [0.1, 0.15) is 5.56 Å². The second-order valence-electron chi connectivity index (χ2n) is 3.92. The first-order valence-corrected chi connectivity index (χ1v) is 5.91. The minimum absolute atomic E-state index is 0.261. The highest BCUT2D eigenvalue weighted by Gasteiger charge is 2.17. The molecule has 0 unspecified atom stereocenters. The van der Waals surface area contributed by atoms with Crippen molar-refractivity contribution in [2.24, 2.45) is 0 Å². The van der Waals surface area contributed by atoms with E-state index in [1.807, 2.05) is 12.1 Å². The lowest BCUT2D eigenvalue weighted by Gasteiger charge is -2.06. The smallest absolute Gasteiger partial charge is 0.280 e. The molecule has 1 aromatic carbocycles. The van der Waals surface area contributed by atoms with Gasteiger partial charge in [0, 0.05) is 11.6 Å². The van der Waals surface area contributed by atoms with E-state index in [2.05, 4.69) is 26.2 Å². The van der Waals surface area contributed by atoms with Gasteiger partial charge in [-0.1, -0.05) is 23.7 Å². The summed E-state index contributed by atoms with van der Waals surface area (Å²) in [5.41, 5.74) is 5.88. The molecule has 8 heteroatoms. The standard InChI is InChI=1S/C11H10ClN5O2/c12-7-3-1-6(2-4-7)5-13-11-14-9-8(10(18)15-11)16-19-17-9/h1-4,16H,5H2,(H3,13,14,15,17,18). The third-order valence-electron chi connectivity index (χ3n) is 2.59. The maximum absolute atomic E-state index is 11.7. The van der Waals surface area contributed by atoms with Crippen LogP contribution in [0.15, 0.2) is 29.1 Å². The summed E-state index contributed by atoms with van der Waals surface area (Å²) in [7, 11) is 0. The SMILES string of the molecule is O=c1[nH]c(NCc2ccc(Cl)cc2)nc2c1NON2. The summed E-state index contributed by atoms with van der Waals surface area (Å²) in [6, 6.07) is 7.39. The number of hydrogen-bond donors (Lipinski definition) is 4. The predicted molar refractivity (Wildman–Crippen MR) is 72.0 cm³/mol. The summed E-state index contributed by atoms with van der Waals surface area (Å²) >= 11 is 5.80. The van der Waals surface area contributed by atoms with Crippen molar-refractivity contribution in [3.05, 3.63) is 45.2 Å². The summed E-state index contributed by atoms with van der Waals surface area (Å²) in [5.74, 6) is 0.709. The highest BCUT2D eigenvalue weighted by molar-refractivity contribution is 6.30. The third-order valence-corrected chi connectivity index (χ3v) is 2.85. The van der Waals surface area contributed by atoms with Gasteiger partial charge in [-0.05, 0) is 17.7 Å². The number of benzene rings is 1. The number of nitrogens with zero attached hydrogens (tertiary/aromatic N) is 1. The van der Waals surface area contributed by atoms with E-state index in [1.54, 1.807) is 12.1 Å². The van der Waals surface area contributed by atoms with Gasteiger partial charge in [-0.2, -0.15) is 9.92 Å². The van der Waals surface area contributed by atoms with Crippen LogP contribution in [0.4, 0.5) is 17.5 Å². The first-order valence-electron chi connectivity index (χ1n) is 5.53. The fraction of sp³-hybridized carbons (Fsp3) is 0.0909. The zero-order valence-electron chi connectivity index (χ0n) is 9.66. The Hall–Kier alpha value is -2.25. The molecule has 2 aromatic rings. The Morgan fingerprint density at radius 2 is 2.05 bits per heavy atom. The number of halogens is 1. The zero-order chi connectivity index (χ0) is 13.2. The number of nitrogens with one attached hydrogen (secondary N) is 4. The van der Waals surface area contributed by atoms with E-state index in [4.69, 9.17) is 16.5 Å². The summed E-state index contributed by atoms with van der Waals surface area (Å²) in [4.78, 5) is 23.1. The van der Waals surface area contributed by atoms with Crippen molar-refractivity contribution in [1.29, 1.82) is 0 Å². The van der Waals surface area contributed by atoms with Crippen LogP contribution in [0.2, 0.25) is 5.02 Å². The van der Waals surface area contributed by atoms with Gasteiger partial charge in [-0.25, -0.2) is 11.0 Å². The van der Waals surface area contributed by atoms with E-state index in [0.717, 1.165) is 5.56 Å². The number of rotatable bonds is 3. The second kappa shape index (κ2) is 4.79. The predicted octanol–water partition coefficient (Wildman–Crippen LogP) is 1.72. The van der Waals surface area contributed by atoms with Crippen molar-refractivity contribution in [2.75, 3.05) is 16.3 Å². The summed E-state index contributed by atoms with van der Waals surface area (Å²) < 4.78 is 0. The zero-order valence-corrected chi connectivity index (χ0v) is 10.4. The maximum Gasteiger partial charge on any atom is 0.280 e. The fourth-order valence-corrected chi connectivity index (χ4v) is 1.76. The Bertz CT molecular complexity index is 655. The van der Waals surface area contributed by atoms with Gasteiger partial charge < -0.3 is 5.32 Å². The molecule has 98 valence electrons. The Balaban J connectivity index is 1.75. The highest BCUT2D eigenvalue weighted by atomic mass is 35.5. The van der Waals surface area contributed by atoms with E-state index < -0.39 is 0 Å². The molecule has 1 aromatic heterocycles. The molecule has 3 rings (SSSR count). The van der Waals surface area contributed by atoms with Gasteiger partial charge in [0.1, 0.15) is 0 Å². The van der Waals surface area contributed by atoms with Crippen molar-refractivity contribution in [2.45, 2.75) is 6.54 Å². The molecule has 0 fully saturated rings. The van der Waals surface area contributed by atoms with Crippen LogP contribution < -0.4 is 21.8 Å². The minimum Gasteiger partial charge on any atom is -0.352 e. The number of aromatic amines is 1. The molecule has 4 N–H and O–H groups in total. The monoisotopic (exact) mass is 279 g/mol. The van der Waals surface area contributed by atoms with E-state index in [-0.39, 0.29) is 11.2 Å². The molecule has 0 saturated heterocycles. The van der Waals surface area contributed by atoms with Gasteiger partial charge in [0.2, 0.25) is 5.95 Å².